The highest BCUT2D eigenvalue weighted by Crippen LogP contribution is 2.52. The Labute approximate surface area is 211 Å². The normalized spacial score (nSPS) is 14.9. The Hall–Kier alpha value is -0.450. The number of quaternary nitrogens is 1. The fraction of sp³-hybridized carbons (Fsp3) is 0.857. The summed E-state index contributed by atoms with van der Waals surface area (Å²) in [6.07, 6.45) is 29.8. The summed E-state index contributed by atoms with van der Waals surface area (Å²) in [6.45, 7) is 2.32. The Balaban J connectivity index is 3.63. The molecule has 6 heteroatoms. The molecule has 0 aromatic heterocycles. The lowest BCUT2D eigenvalue weighted by atomic mass is 10.1. The number of rotatable bonds is 23. The van der Waals surface area contributed by atoms with Gasteiger partial charge in [-0.15, -0.1) is 0 Å². The van der Waals surface area contributed by atoms with Gasteiger partial charge in [-0.05, 0) is 64.2 Å². The summed E-state index contributed by atoms with van der Waals surface area (Å²) in [4.78, 5) is 19.2. The summed E-state index contributed by atoms with van der Waals surface area (Å²) < 4.78 is 12.1. The van der Waals surface area contributed by atoms with Crippen LogP contribution in [0.5, 0.6) is 0 Å². The number of likely N-dealkylation sites (N-methyl/N-ethyl adjacent to an activating group) is 1. The molecule has 0 spiro atoms. The van der Waals surface area contributed by atoms with Crippen molar-refractivity contribution in [1.29, 1.82) is 0 Å². The quantitative estimate of drug-likeness (QED) is 0.0578. The van der Waals surface area contributed by atoms with E-state index in [-0.39, 0.29) is 13.0 Å². The molecule has 0 aliphatic carbocycles. The van der Waals surface area contributed by atoms with Crippen LogP contribution >= 0.6 is 7.60 Å². The smallest absolute Gasteiger partial charge is 0.362 e. The third-order valence-electron chi connectivity index (χ3n) is 6.27. The maximum Gasteiger partial charge on any atom is 0.362 e. The van der Waals surface area contributed by atoms with E-state index in [1.165, 1.54) is 70.6 Å². The molecule has 0 saturated heterocycles. The van der Waals surface area contributed by atoms with Crippen molar-refractivity contribution in [2.45, 2.75) is 128 Å². The Morgan fingerprint density at radius 2 is 1.00 bits per heavy atom. The second-order valence-corrected chi connectivity index (χ2v) is 13.0. The maximum absolute atomic E-state index is 11.8. The van der Waals surface area contributed by atoms with Gasteiger partial charge in [0.25, 0.3) is 0 Å². The molecule has 5 nitrogen and oxygen atoms in total. The summed E-state index contributed by atoms with van der Waals surface area (Å²) in [6, 6.07) is 0. The van der Waals surface area contributed by atoms with Crippen molar-refractivity contribution in [2.75, 3.05) is 27.7 Å². The average molecular weight is 503 g/mol. The van der Waals surface area contributed by atoms with Crippen LogP contribution in [-0.2, 0) is 4.57 Å². The molecule has 1 atom stereocenters. The minimum Gasteiger partial charge on any atom is -0.373 e. The van der Waals surface area contributed by atoms with Crippen LogP contribution in [0.25, 0.3) is 0 Å². The van der Waals surface area contributed by atoms with Crippen molar-refractivity contribution in [3.05, 3.63) is 24.3 Å². The third kappa shape index (κ3) is 19.8. The number of nitrogens with zero attached hydrogens (tertiary/aromatic N) is 1. The largest absolute Gasteiger partial charge is 0.373 e. The van der Waals surface area contributed by atoms with Crippen molar-refractivity contribution >= 4 is 7.60 Å². The van der Waals surface area contributed by atoms with Gasteiger partial charge in [0.1, 0.15) is 6.54 Å². The minimum absolute atomic E-state index is 0.0511. The second-order valence-electron chi connectivity index (χ2n) is 11.1. The molecule has 0 radical (unpaired) electrons. The van der Waals surface area contributed by atoms with Gasteiger partial charge in [-0.2, -0.15) is 0 Å². The van der Waals surface area contributed by atoms with E-state index in [1.54, 1.807) is 0 Å². The highest BCUT2D eigenvalue weighted by Gasteiger charge is 2.48. The second kappa shape index (κ2) is 19.7. The van der Waals surface area contributed by atoms with Crippen LogP contribution in [0, 0.1) is 0 Å². The highest BCUT2D eigenvalue weighted by atomic mass is 31.2. The first-order chi connectivity index (χ1) is 16.0. The zero-order valence-electron chi connectivity index (χ0n) is 22.9. The van der Waals surface area contributed by atoms with Gasteiger partial charge in [-0.1, -0.05) is 82.6 Å². The van der Waals surface area contributed by atoms with Crippen molar-refractivity contribution in [2.24, 2.45) is 0 Å². The van der Waals surface area contributed by atoms with Gasteiger partial charge in [-0.25, -0.2) is 0 Å². The molecule has 0 heterocycles. The van der Waals surface area contributed by atoms with Crippen LogP contribution in [0.2, 0.25) is 0 Å². The first kappa shape index (κ1) is 33.5. The van der Waals surface area contributed by atoms with E-state index in [1.807, 2.05) is 21.1 Å². The van der Waals surface area contributed by atoms with E-state index in [9.17, 15) is 19.5 Å². The fourth-order valence-electron chi connectivity index (χ4n) is 4.32. The van der Waals surface area contributed by atoms with Crippen molar-refractivity contribution < 1.29 is 23.9 Å². The Morgan fingerprint density at radius 3 is 1.38 bits per heavy atom. The molecule has 0 aromatic carbocycles. The molecular weight excluding hydrogens is 445 g/mol. The van der Waals surface area contributed by atoms with Gasteiger partial charge in [0.2, 0.25) is 5.34 Å². The first-order valence-electron chi connectivity index (χ1n) is 13.9. The molecule has 0 amide bonds. The lowest BCUT2D eigenvalue weighted by molar-refractivity contribution is -0.875. The van der Waals surface area contributed by atoms with E-state index >= 15 is 0 Å². The zero-order chi connectivity index (χ0) is 25.8. The van der Waals surface area contributed by atoms with Crippen molar-refractivity contribution in [1.82, 2.24) is 0 Å². The van der Waals surface area contributed by atoms with Crippen LogP contribution in [0.15, 0.2) is 24.3 Å². The van der Waals surface area contributed by atoms with Gasteiger partial charge in [0, 0.05) is 0 Å². The summed E-state index contributed by atoms with van der Waals surface area (Å²) >= 11 is 0. The van der Waals surface area contributed by atoms with E-state index < -0.39 is 12.9 Å². The molecule has 3 N–H and O–H groups in total. The van der Waals surface area contributed by atoms with Gasteiger partial charge < -0.3 is 19.4 Å². The standard InChI is InChI=1S/C28H56NO4P/c1-5-6-7-8-9-10-11-12-13-14-15-16-17-18-19-20-21-22-23-24-25-26-28(30,34(31,32)33)27-29(2,3)4/h12-13,19-20,30H,5-11,14-18,21-27H2,1-4H3,(H-,31,32,33)/p+1/b13-12-,20-19-. The van der Waals surface area contributed by atoms with Crippen LogP contribution < -0.4 is 0 Å². The molecule has 0 aliphatic rings. The Morgan fingerprint density at radius 1 is 0.647 bits per heavy atom. The summed E-state index contributed by atoms with van der Waals surface area (Å²) in [5.74, 6) is 0. The lowest BCUT2D eigenvalue weighted by Gasteiger charge is -2.35. The fourth-order valence-corrected chi connectivity index (χ4v) is 5.37. The Kier molecular flexibility index (Phi) is 19.4. The molecule has 0 rings (SSSR count). The van der Waals surface area contributed by atoms with E-state index in [4.69, 9.17) is 0 Å². The van der Waals surface area contributed by atoms with E-state index in [0.29, 0.717) is 10.9 Å². The summed E-state index contributed by atoms with van der Waals surface area (Å²) in [5, 5.41) is 8.63. The van der Waals surface area contributed by atoms with Gasteiger partial charge in [-0.3, -0.25) is 4.57 Å². The molecule has 0 saturated carbocycles. The number of aliphatic hydroxyl groups is 1. The summed E-state index contributed by atoms with van der Waals surface area (Å²) in [5.41, 5.74) is 0. The lowest BCUT2D eigenvalue weighted by Crippen LogP contribution is -2.49. The first-order valence-corrected chi connectivity index (χ1v) is 15.5. The van der Waals surface area contributed by atoms with Crippen molar-refractivity contribution in [3.63, 3.8) is 0 Å². The third-order valence-corrected chi connectivity index (χ3v) is 7.72. The van der Waals surface area contributed by atoms with Crippen LogP contribution in [-0.4, -0.2) is 52.4 Å². The summed E-state index contributed by atoms with van der Waals surface area (Å²) in [7, 11) is 0.951. The monoisotopic (exact) mass is 502 g/mol. The number of hydrogen-bond acceptors (Lipinski definition) is 2. The zero-order valence-corrected chi connectivity index (χ0v) is 23.8. The molecule has 0 fully saturated rings. The van der Waals surface area contributed by atoms with Crippen molar-refractivity contribution in [3.8, 4) is 0 Å². The molecule has 34 heavy (non-hydrogen) atoms. The molecule has 202 valence electrons. The number of unbranched alkanes of at least 4 members (excludes halogenated alkanes) is 14. The minimum atomic E-state index is -4.56. The highest BCUT2D eigenvalue weighted by molar-refractivity contribution is 7.53. The molecule has 0 aliphatic heterocycles. The molecular formula is C28H57NO4P+. The van der Waals surface area contributed by atoms with E-state index in [2.05, 4.69) is 31.2 Å². The van der Waals surface area contributed by atoms with Crippen LogP contribution in [0.3, 0.4) is 0 Å². The molecule has 0 bridgehead atoms. The van der Waals surface area contributed by atoms with Gasteiger partial charge in [0.05, 0.1) is 21.1 Å². The number of hydrogen-bond donors (Lipinski definition) is 3. The van der Waals surface area contributed by atoms with Gasteiger partial charge in [0.15, 0.2) is 0 Å². The molecule has 0 aromatic rings. The number of allylic oxidation sites excluding steroid dienone is 4. The van der Waals surface area contributed by atoms with Crippen LogP contribution in [0.4, 0.5) is 0 Å². The average Bonchev–Trinajstić information content (AvgIpc) is 2.73. The van der Waals surface area contributed by atoms with Gasteiger partial charge >= 0.3 is 7.60 Å². The maximum atomic E-state index is 11.8. The van der Waals surface area contributed by atoms with E-state index in [0.717, 1.165) is 32.1 Å². The SMILES string of the molecule is CCCCCCCC/C=C\CCCCC/C=C\CCCCCCC(O)(C[N+](C)(C)C)P(=O)(O)O. The van der Waals surface area contributed by atoms with Crippen LogP contribution in [0.1, 0.15) is 122 Å². The predicted molar refractivity (Wildman–Crippen MR) is 147 cm³/mol. The topological polar surface area (TPSA) is 77.8 Å². The molecule has 1 unspecified atom stereocenters. The Bertz CT molecular complexity index is 579. The predicted octanol–water partition coefficient (Wildman–Crippen LogP) is 7.71.